The molecule has 0 amide bonds. The summed E-state index contributed by atoms with van der Waals surface area (Å²) in [5.74, 6) is 1.73. The molecule has 3 saturated carbocycles. The second-order valence-electron chi connectivity index (χ2n) is 8.73. The lowest BCUT2D eigenvalue weighted by molar-refractivity contribution is -0.125. The van der Waals surface area contributed by atoms with Crippen molar-refractivity contribution < 1.29 is 4.74 Å². The zero-order valence-corrected chi connectivity index (χ0v) is 15.0. The molecule has 5 rings (SSSR count). The van der Waals surface area contributed by atoms with Crippen LogP contribution in [0.1, 0.15) is 51.4 Å². The maximum atomic E-state index is 6.11. The molecule has 5 nitrogen and oxygen atoms in total. The third-order valence-corrected chi connectivity index (χ3v) is 7.43. The molecule has 0 bridgehead atoms. The zero-order valence-electron chi connectivity index (χ0n) is 15.0. The summed E-state index contributed by atoms with van der Waals surface area (Å²) in [5, 5.41) is 7.55. The van der Waals surface area contributed by atoms with Gasteiger partial charge in [0.05, 0.1) is 6.10 Å². The number of fused-ring (bicyclic) bond motifs is 2. The molecular formula is C19H32N4O. The summed E-state index contributed by atoms with van der Waals surface area (Å²) in [6.45, 7) is 3.40. The van der Waals surface area contributed by atoms with Crippen molar-refractivity contribution in [3.05, 3.63) is 0 Å². The number of likely N-dealkylation sites (tertiary alicyclic amines) is 1. The van der Waals surface area contributed by atoms with Crippen molar-refractivity contribution in [3.8, 4) is 0 Å². The quantitative estimate of drug-likeness (QED) is 0.610. The van der Waals surface area contributed by atoms with Crippen molar-refractivity contribution in [2.75, 3.05) is 26.7 Å². The van der Waals surface area contributed by atoms with Crippen molar-refractivity contribution in [3.63, 3.8) is 0 Å². The third kappa shape index (κ3) is 2.38. The van der Waals surface area contributed by atoms with E-state index in [2.05, 4.69) is 20.5 Å². The SMILES string of the molecule is CN=C(NC1CCN(C2CC2)C1)NC1C2CCOC2C12CCCC2. The van der Waals surface area contributed by atoms with Crippen LogP contribution in [0, 0.1) is 11.3 Å². The molecule has 0 aromatic carbocycles. The molecule has 3 aliphatic carbocycles. The van der Waals surface area contributed by atoms with Crippen molar-refractivity contribution in [2.24, 2.45) is 16.3 Å². The van der Waals surface area contributed by atoms with Gasteiger partial charge in [0.1, 0.15) is 0 Å². The second-order valence-corrected chi connectivity index (χ2v) is 8.73. The molecule has 5 aliphatic rings. The molecule has 4 unspecified atom stereocenters. The topological polar surface area (TPSA) is 48.9 Å². The minimum Gasteiger partial charge on any atom is -0.377 e. The first kappa shape index (κ1) is 15.4. The Morgan fingerprint density at radius 3 is 2.71 bits per heavy atom. The van der Waals surface area contributed by atoms with Crippen LogP contribution in [-0.2, 0) is 4.74 Å². The van der Waals surface area contributed by atoms with Crippen LogP contribution in [0.2, 0.25) is 0 Å². The molecule has 0 aromatic rings. The van der Waals surface area contributed by atoms with E-state index in [-0.39, 0.29) is 0 Å². The second kappa shape index (κ2) is 5.87. The Labute approximate surface area is 145 Å². The van der Waals surface area contributed by atoms with E-state index in [4.69, 9.17) is 4.74 Å². The number of nitrogens with zero attached hydrogens (tertiary/aromatic N) is 2. The summed E-state index contributed by atoms with van der Waals surface area (Å²) < 4.78 is 6.11. The molecule has 134 valence electrons. The summed E-state index contributed by atoms with van der Waals surface area (Å²) in [4.78, 5) is 7.22. The van der Waals surface area contributed by atoms with Crippen molar-refractivity contribution in [1.82, 2.24) is 15.5 Å². The van der Waals surface area contributed by atoms with Crippen molar-refractivity contribution >= 4 is 5.96 Å². The van der Waals surface area contributed by atoms with Gasteiger partial charge in [0.2, 0.25) is 0 Å². The molecule has 2 heterocycles. The third-order valence-electron chi connectivity index (χ3n) is 7.43. The van der Waals surface area contributed by atoms with Crippen LogP contribution in [0.25, 0.3) is 0 Å². The van der Waals surface area contributed by atoms with Gasteiger partial charge in [-0.05, 0) is 38.5 Å². The number of ether oxygens (including phenoxy) is 1. The van der Waals surface area contributed by atoms with Crippen LogP contribution < -0.4 is 10.6 Å². The normalized spacial score (nSPS) is 41.5. The first-order valence-electron chi connectivity index (χ1n) is 10.2. The van der Waals surface area contributed by atoms with Gasteiger partial charge in [-0.3, -0.25) is 9.89 Å². The van der Waals surface area contributed by atoms with E-state index in [0.717, 1.165) is 18.6 Å². The van der Waals surface area contributed by atoms with E-state index in [1.165, 1.54) is 64.5 Å². The molecule has 5 heteroatoms. The Balaban J connectivity index is 1.22. The highest BCUT2D eigenvalue weighted by Gasteiger charge is 2.65. The smallest absolute Gasteiger partial charge is 0.191 e. The lowest BCUT2D eigenvalue weighted by Gasteiger charge is -2.57. The molecule has 1 spiro atoms. The number of aliphatic imine (C=N–C) groups is 1. The Morgan fingerprint density at radius 1 is 1.12 bits per heavy atom. The standard InChI is InChI=1S/C19H32N4O/c1-20-18(21-13-6-10-23(12-13)14-4-5-14)22-16-15-7-11-24-17(15)19(16)8-2-3-9-19/h13-17H,2-12H2,1H3,(H2,20,21,22). The number of guanidine groups is 1. The van der Waals surface area contributed by atoms with E-state index in [9.17, 15) is 0 Å². The Bertz CT molecular complexity index is 511. The number of hydrogen-bond acceptors (Lipinski definition) is 3. The minimum atomic E-state index is 0.397. The van der Waals surface area contributed by atoms with E-state index >= 15 is 0 Å². The van der Waals surface area contributed by atoms with Crippen LogP contribution in [0.3, 0.4) is 0 Å². The van der Waals surface area contributed by atoms with Gasteiger partial charge in [0.15, 0.2) is 5.96 Å². The Morgan fingerprint density at radius 2 is 1.96 bits per heavy atom. The van der Waals surface area contributed by atoms with Crippen LogP contribution in [-0.4, -0.2) is 61.8 Å². The molecule has 24 heavy (non-hydrogen) atoms. The summed E-state index contributed by atoms with van der Waals surface area (Å²) in [6, 6.07) is 2.02. The maximum Gasteiger partial charge on any atom is 0.191 e. The largest absolute Gasteiger partial charge is 0.377 e. The minimum absolute atomic E-state index is 0.397. The molecular weight excluding hydrogens is 300 g/mol. The molecule has 4 atom stereocenters. The predicted octanol–water partition coefficient (Wildman–Crippen LogP) is 1.74. The molecule has 5 fully saturated rings. The number of nitrogens with one attached hydrogen (secondary N) is 2. The molecule has 0 aromatic heterocycles. The van der Waals surface area contributed by atoms with E-state index in [0.29, 0.717) is 29.5 Å². The predicted molar refractivity (Wildman–Crippen MR) is 95.2 cm³/mol. The summed E-state index contributed by atoms with van der Waals surface area (Å²) in [5.41, 5.74) is 0.397. The van der Waals surface area contributed by atoms with Crippen LogP contribution in [0.15, 0.2) is 4.99 Å². The zero-order chi connectivity index (χ0) is 16.1. The lowest BCUT2D eigenvalue weighted by Crippen LogP contribution is -2.69. The van der Waals surface area contributed by atoms with E-state index in [1.54, 1.807) is 0 Å². The van der Waals surface area contributed by atoms with E-state index < -0.39 is 0 Å². The Kier molecular flexibility index (Phi) is 3.78. The van der Waals surface area contributed by atoms with Gasteiger partial charge in [0.25, 0.3) is 0 Å². The summed E-state index contributed by atoms with van der Waals surface area (Å²) in [7, 11) is 1.92. The fourth-order valence-corrected chi connectivity index (χ4v) is 6.09. The lowest BCUT2D eigenvalue weighted by atomic mass is 9.54. The monoisotopic (exact) mass is 332 g/mol. The molecule has 2 saturated heterocycles. The van der Waals surface area contributed by atoms with Crippen LogP contribution in [0.4, 0.5) is 0 Å². The summed E-state index contributed by atoms with van der Waals surface area (Å²) >= 11 is 0. The fraction of sp³-hybridized carbons (Fsp3) is 0.947. The average Bonchev–Trinajstić information content (AvgIpc) is 3.04. The van der Waals surface area contributed by atoms with Crippen molar-refractivity contribution in [1.29, 1.82) is 0 Å². The maximum absolute atomic E-state index is 6.11. The number of rotatable bonds is 3. The van der Waals surface area contributed by atoms with Gasteiger partial charge in [-0.2, -0.15) is 0 Å². The van der Waals surface area contributed by atoms with Gasteiger partial charge < -0.3 is 15.4 Å². The van der Waals surface area contributed by atoms with E-state index in [1.807, 2.05) is 7.05 Å². The van der Waals surface area contributed by atoms with Gasteiger partial charge in [-0.1, -0.05) is 12.8 Å². The first-order valence-corrected chi connectivity index (χ1v) is 10.2. The van der Waals surface area contributed by atoms with Crippen LogP contribution in [0.5, 0.6) is 0 Å². The number of hydrogen-bond donors (Lipinski definition) is 2. The fourth-order valence-electron chi connectivity index (χ4n) is 6.09. The highest BCUT2D eigenvalue weighted by molar-refractivity contribution is 5.80. The van der Waals surface area contributed by atoms with Crippen molar-refractivity contribution in [2.45, 2.75) is 75.6 Å². The van der Waals surface area contributed by atoms with Crippen LogP contribution >= 0.6 is 0 Å². The average molecular weight is 332 g/mol. The first-order chi connectivity index (χ1) is 11.8. The summed E-state index contributed by atoms with van der Waals surface area (Å²) in [6.07, 6.45) is 11.2. The van der Waals surface area contributed by atoms with Gasteiger partial charge in [0, 0.05) is 56.2 Å². The molecule has 2 N–H and O–H groups in total. The molecule has 0 radical (unpaired) electrons. The Hall–Kier alpha value is -0.810. The molecule has 2 aliphatic heterocycles. The van der Waals surface area contributed by atoms with Gasteiger partial charge >= 0.3 is 0 Å². The van der Waals surface area contributed by atoms with Gasteiger partial charge in [-0.15, -0.1) is 0 Å². The van der Waals surface area contributed by atoms with Gasteiger partial charge in [-0.25, -0.2) is 0 Å². The highest BCUT2D eigenvalue weighted by Crippen LogP contribution is 2.60. The highest BCUT2D eigenvalue weighted by atomic mass is 16.5.